The molecule has 1 aliphatic rings. The summed E-state index contributed by atoms with van der Waals surface area (Å²) < 4.78 is 40.7. The number of aliphatic hydroxyl groups is 1. The van der Waals surface area contributed by atoms with Crippen LogP contribution in [0.2, 0.25) is 0 Å². The topological polar surface area (TPSA) is 121 Å². The highest BCUT2D eigenvalue weighted by molar-refractivity contribution is 6.05. The predicted molar refractivity (Wildman–Crippen MR) is 134 cm³/mol. The van der Waals surface area contributed by atoms with E-state index in [0.717, 1.165) is 17.7 Å². The summed E-state index contributed by atoms with van der Waals surface area (Å²) in [4.78, 5) is 32.2. The molecular formula is C25H23F3N8O2. The minimum absolute atomic E-state index is 0.0276. The Morgan fingerprint density at radius 3 is 2.63 bits per heavy atom. The fourth-order valence-electron chi connectivity index (χ4n) is 3.96. The highest BCUT2D eigenvalue weighted by Gasteiger charge is 2.30. The van der Waals surface area contributed by atoms with Gasteiger partial charge in [0.25, 0.3) is 5.91 Å². The highest BCUT2D eigenvalue weighted by atomic mass is 19.4. The molecule has 0 saturated carbocycles. The van der Waals surface area contributed by atoms with Crippen LogP contribution in [0.15, 0.2) is 61.2 Å². The van der Waals surface area contributed by atoms with Gasteiger partial charge in [-0.05, 0) is 49.2 Å². The number of carbonyl (C=O) groups excluding carboxylic acids is 1. The van der Waals surface area contributed by atoms with Gasteiger partial charge in [0.2, 0.25) is 17.8 Å². The van der Waals surface area contributed by atoms with Gasteiger partial charge in [-0.1, -0.05) is 12.1 Å². The van der Waals surface area contributed by atoms with Crippen molar-refractivity contribution in [1.82, 2.24) is 24.5 Å². The van der Waals surface area contributed by atoms with Crippen molar-refractivity contribution >= 4 is 29.2 Å². The smallest absolute Gasteiger partial charge is 0.391 e. The van der Waals surface area contributed by atoms with Gasteiger partial charge in [0.15, 0.2) is 0 Å². The lowest BCUT2D eigenvalue weighted by Crippen LogP contribution is -2.24. The summed E-state index contributed by atoms with van der Waals surface area (Å²) in [5.41, 5.74) is 0.703. The highest BCUT2D eigenvalue weighted by Crippen LogP contribution is 2.31. The number of amides is 1. The van der Waals surface area contributed by atoms with E-state index >= 15 is 0 Å². The van der Waals surface area contributed by atoms with Gasteiger partial charge in [-0.15, -0.1) is 0 Å². The average molecular weight is 525 g/mol. The molecule has 1 saturated heterocycles. The van der Waals surface area contributed by atoms with Crippen LogP contribution in [0.4, 0.5) is 36.4 Å². The van der Waals surface area contributed by atoms with Crippen molar-refractivity contribution in [3.63, 3.8) is 0 Å². The van der Waals surface area contributed by atoms with E-state index in [1.54, 1.807) is 41.5 Å². The van der Waals surface area contributed by atoms with Crippen LogP contribution in [0.5, 0.6) is 0 Å². The van der Waals surface area contributed by atoms with Crippen molar-refractivity contribution in [2.75, 3.05) is 28.6 Å². The number of rotatable bonds is 6. The number of aliphatic hydroxyl groups excluding tert-OH is 1. The molecule has 13 heteroatoms. The lowest BCUT2D eigenvalue weighted by molar-refractivity contribution is -0.137. The molecule has 3 heterocycles. The van der Waals surface area contributed by atoms with Crippen molar-refractivity contribution in [1.29, 1.82) is 0 Å². The number of hydrogen-bond donors (Lipinski definition) is 3. The maximum Gasteiger partial charge on any atom is 0.416 e. The van der Waals surface area contributed by atoms with Gasteiger partial charge in [-0.3, -0.25) is 9.36 Å². The molecule has 38 heavy (non-hydrogen) atoms. The number of benzene rings is 2. The molecule has 0 bridgehead atoms. The largest absolute Gasteiger partial charge is 0.416 e. The first-order valence-corrected chi connectivity index (χ1v) is 11.7. The van der Waals surface area contributed by atoms with Crippen LogP contribution in [0.1, 0.15) is 27.9 Å². The first kappa shape index (κ1) is 25.1. The zero-order chi connectivity index (χ0) is 26.9. The minimum Gasteiger partial charge on any atom is -0.391 e. The Labute approximate surface area is 215 Å². The van der Waals surface area contributed by atoms with E-state index in [9.17, 15) is 23.1 Å². The van der Waals surface area contributed by atoms with Crippen LogP contribution in [-0.4, -0.2) is 54.7 Å². The zero-order valence-electron chi connectivity index (χ0n) is 20.1. The summed E-state index contributed by atoms with van der Waals surface area (Å²) in [5.74, 6) is 0.318. The SMILES string of the molecule is Cc1ccc(C(=O)Nc2cccc(C(F)(F)F)c2)cc1Nc1nc(N2CC[C@H](O)C2)nc(-n2ccnc2)n1. The molecule has 2 aromatic carbocycles. The standard InChI is InChI=1S/C25H23F3N8O2/c1-15-5-6-16(21(38)30-18-4-2-3-17(12-18)25(26,27)28)11-20(15)31-22-32-23(35-9-7-19(37)13-35)34-24(33-22)36-10-8-29-14-36/h2-6,8,10-12,14,19,37H,7,9,13H2,1H3,(H,30,38)(H,31,32,33,34)/t19-/m0/s1. The van der Waals surface area contributed by atoms with Crippen molar-refractivity contribution in [3.05, 3.63) is 77.9 Å². The Morgan fingerprint density at radius 1 is 1.11 bits per heavy atom. The lowest BCUT2D eigenvalue weighted by Gasteiger charge is -2.18. The first-order valence-electron chi connectivity index (χ1n) is 11.7. The molecule has 1 aliphatic heterocycles. The van der Waals surface area contributed by atoms with Crippen molar-refractivity contribution in [2.45, 2.75) is 25.6 Å². The Balaban J connectivity index is 1.41. The number of aryl methyl sites for hydroxylation is 1. The first-order chi connectivity index (χ1) is 18.2. The van der Waals surface area contributed by atoms with Crippen LogP contribution in [0.3, 0.4) is 0 Å². The second-order valence-electron chi connectivity index (χ2n) is 8.80. The molecule has 0 radical (unpaired) electrons. The van der Waals surface area contributed by atoms with Crippen LogP contribution < -0.4 is 15.5 Å². The maximum atomic E-state index is 13.0. The number of imidazole rings is 1. The van der Waals surface area contributed by atoms with Gasteiger partial charge in [-0.25, -0.2) is 4.98 Å². The normalized spacial score (nSPS) is 15.5. The molecule has 10 nitrogen and oxygen atoms in total. The Kier molecular flexibility index (Phi) is 6.68. The average Bonchev–Trinajstić information content (AvgIpc) is 3.57. The number of nitrogens with one attached hydrogen (secondary N) is 2. The summed E-state index contributed by atoms with van der Waals surface area (Å²) in [7, 11) is 0. The van der Waals surface area contributed by atoms with Crippen LogP contribution in [0, 0.1) is 6.92 Å². The number of nitrogens with zero attached hydrogens (tertiary/aromatic N) is 6. The molecule has 196 valence electrons. The van der Waals surface area contributed by atoms with Gasteiger partial charge in [0.05, 0.1) is 11.7 Å². The number of carbonyl (C=O) groups is 1. The second kappa shape index (κ2) is 10.1. The molecular weight excluding hydrogens is 501 g/mol. The van der Waals surface area contributed by atoms with Crippen LogP contribution in [-0.2, 0) is 6.18 Å². The summed E-state index contributed by atoms with van der Waals surface area (Å²) in [6.07, 6.45) is 0.420. The van der Waals surface area contributed by atoms with E-state index in [1.807, 2.05) is 11.8 Å². The van der Waals surface area contributed by atoms with Gasteiger partial charge >= 0.3 is 6.18 Å². The Morgan fingerprint density at radius 2 is 1.92 bits per heavy atom. The number of β-amino-alcohol motifs (C(OH)–C–C–N with tert-alkyl or cyclic N) is 1. The zero-order valence-corrected chi connectivity index (χ0v) is 20.1. The van der Waals surface area contributed by atoms with Gasteiger partial charge in [0, 0.05) is 42.4 Å². The summed E-state index contributed by atoms with van der Waals surface area (Å²) >= 11 is 0. The third-order valence-corrected chi connectivity index (χ3v) is 5.99. The van der Waals surface area contributed by atoms with Crippen molar-refractivity contribution < 1.29 is 23.1 Å². The molecule has 0 unspecified atom stereocenters. The number of halogens is 3. The van der Waals surface area contributed by atoms with Crippen molar-refractivity contribution in [3.8, 4) is 5.95 Å². The number of hydrogen-bond acceptors (Lipinski definition) is 8. The van der Waals surface area contributed by atoms with E-state index < -0.39 is 23.8 Å². The maximum absolute atomic E-state index is 13.0. The van der Waals surface area contributed by atoms with Gasteiger partial charge in [0.1, 0.15) is 6.33 Å². The quantitative estimate of drug-likeness (QED) is 0.347. The Hall–Kier alpha value is -4.52. The van der Waals surface area contributed by atoms with Crippen LogP contribution in [0.25, 0.3) is 5.95 Å². The van der Waals surface area contributed by atoms with E-state index in [2.05, 4.69) is 30.6 Å². The fourth-order valence-corrected chi connectivity index (χ4v) is 3.96. The molecule has 0 spiro atoms. The summed E-state index contributed by atoms with van der Waals surface area (Å²) in [6, 6.07) is 9.29. The minimum atomic E-state index is -4.52. The monoisotopic (exact) mass is 524 g/mol. The molecule has 1 atom stereocenters. The number of aromatic nitrogens is 5. The molecule has 3 N–H and O–H groups in total. The number of anilines is 4. The molecule has 1 amide bonds. The van der Waals surface area contributed by atoms with Gasteiger partial charge < -0.3 is 20.6 Å². The molecule has 5 rings (SSSR count). The Bertz CT molecular complexity index is 1460. The van der Waals surface area contributed by atoms with Crippen molar-refractivity contribution in [2.24, 2.45) is 0 Å². The van der Waals surface area contributed by atoms with E-state index in [4.69, 9.17) is 0 Å². The number of alkyl halides is 3. The van der Waals surface area contributed by atoms with Crippen LogP contribution >= 0.6 is 0 Å². The van der Waals surface area contributed by atoms with Gasteiger partial charge in [-0.2, -0.15) is 28.1 Å². The van der Waals surface area contributed by atoms with E-state index in [-0.39, 0.29) is 17.2 Å². The molecule has 4 aromatic rings. The molecule has 0 aliphatic carbocycles. The fraction of sp³-hybridized carbons (Fsp3) is 0.240. The lowest BCUT2D eigenvalue weighted by atomic mass is 10.1. The third kappa shape index (κ3) is 5.57. The second-order valence-corrected chi connectivity index (χ2v) is 8.80. The third-order valence-electron chi connectivity index (χ3n) is 5.99. The summed E-state index contributed by atoms with van der Waals surface area (Å²) in [5, 5.41) is 15.6. The summed E-state index contributed by atoms with van der Waals surface area (Å²) in [6.45, 7) is 2.79. The molecule has 1 fully saturated rings. The van der Waals surface area contributed by atoms with E-state index in [0.29, 0.717) is 37.1 Å². The molecule has 2 aromatic heterocycles. The van der Waals surface area contributed by atoms with E-state index in [1.165, 1.54) is 12.1 Å². The predicted octanol–water partition coefficient (Wildman–Crippen LogP) is 3.95.